The average molecular weight is 234 g/mol. The van der Waals surface area contributed by atoms with Crippen LogP contribution in [-0.4, -0.2) is 36.1 Å². The zero-order chi connectivity index (χ0) is 12.3. The molecule has 5 nitrogen and oxygen atoms in total. The molecule has 0 spiro atoms. The second-order valence-corrected chi connectivity index (χ2v) is 3.72. The van der Waals surface area contributed by atoms with Crippen LogP contribution in [0.1, 0.15) is 17.3 Å². The smallest absolute Gasteiger partial charge is 0.271 e. The van der Waals surface area contributed by atoms with Crippen LogP contribution in [0.25, 0.3) is 0 Å². The van der Waals surface area contributed by atoms with Gasteiger partial charge in [-0.05, 0) is 19.1 Å². The number of carbonyl (C=O) groups is 2. The van der Waals surface area contributed by atoms with Gasteiger partial charge in [0.2, 0.25) is 0 Å². The second-order valence-electron chi connectivity index (χ2n) is 3.72. The van der Waals surface area contributed by atoms with Gasteiger partial charge in [-0.1, -0.05) is 18.2 Å². The molecule has 1 unspecified atom stereocenters. The first-order valence-electron chi connectivity index (χ1n) is 5.52. The molecule has 17 heavy (non-hydrogen) atoms. The second kappa shape index (κ2) is 4.97. The third-order valence-electron chi connectivity index (χ3n) is 2.57. The highest BCUT2D eigenvalue weighted by molar-refractivity contribution is 5.97. The summed E-state index contributed by atoms with van der Waals surface area (Å²) in [6, 6.07) is 8.21. The van der Waals surface area contributed by atoms with Gasteiger partial charge in [0, 0.05) is 12.1 Å². The van der Waals surface area contributed by atoms with Gasteiger partial charge in [-0.2, -0.15) is 0 Å². The molecule has 0 aromatic heterocycles. The Hall–Kier alpha value is -1.88. The molecule has 2 rings (SSSR count). The number of rotatable bonds is 3. The number of nitrogens with zero attached hydrogens (tertiary/aromatic N) is 1. The number of likely N-dealkylation sites (N-methyl/N-ethyl adjacent to an activating group) is 1. The van der Waals surface area contributed by atoms with Crippen molar-refractivity contribution in [1.82, 2.24) is 10.4 Å². The fourth-order valence-corrected chi connectivity index (χ4v) is 1.65. The minimum absolute atomic E-state index is 0.197. The number of carbonyl (C=O) groups excluding carboxylic acids is 2. The first-order valence-corrected chi connectivity index (χ1v) is 5.52. The van der Waals surface area contributed by atoms with Crippen molar-refractivity contribution < 1.29 is 14.4 Å². The van der Waals surface area contributed by atoms with E-state index in [0.717, 1.165) is 0 Å². The summed E-state index contributed by atoms with van der Waals surface area (Å²) < 4.78 is 0. The average Bonchev–Trinajstić information content (AvgIpc) is 2.71. The normalized spacial score (nSPS) is 19.5. The van der Waals surface area contributed by atoms with Crippen molar-refractivity contribution in [1.29, 1.82) is 0 Å². The van der Waals surface area contributed by atoms with E-state index in [-0.39, 0.29) is 18.4 Å². The highest BCUT2D eigenvalue weighted by Crippen LogP contribution is 2.08. The van der Waals surface area contributed by atoms with Gasteiger partial charge >= 0.3 is 0 Å². The number of hydroxylamine groups is 2. The largest absolute Gasteiger partial charge is 0.338 e. The Morgan fingerprint density at radius 2 is 2.18 bits per heavy atom. The van der Waals surface area contributed by atoms with Crippen molar-refractivity contribution >= 4 is 11.8 Å². The van der Waals surface area contributed by atoms with Crippen LogP contribution in [0.3, 0.4) is 0 Å². The molecule has 1 N–H and O–H groups in total. The van der Waals surface area contributed by atoms with E-state index in [1.165, 1.54) is 5.06 Å². The Bertz CT molecular complexity index is 419. The summed E-state index contributed by atoms with van der Waals surface area (Å²) in [7, 11) is 0. The molecule has 1 heterocycles. The Kier molecular flexibility index (Phi) is 3.39. The molecule has 1 fully saturated rings. The van der Waals surface area contributed by atoms with Crippen LogP contribution in [-0.2, 0) is 9.63 Å². The monoisotopic (exact) mass is 234 g/mol. The Balaban J connectivity index is 1.99. The topological polar surface area (TPSA) is 58.6 Å². The summed E-state index contributed by atoms with van der Waals surface area (Å²) in [5.41, 5.74) is 0.537. The molecule has 0 radical (unpaired) electrons. The minimum atomic E-state index is -0.581. The summed E-state index contributed by atoms with van der Waals surface area (Å²) in [6.45, 7) is 2.50. The van der Waals surface area contributed by atoms with E-state index in [1.807, 2.05) is 13.0 Å². The van der Waals surface area contributed by atoms with Gasteiger partial charge in [-0.15, -0.1) is 0 Å². The van der Waals surface area contributed by atoms with E-state index in [4.69, 9.17) is 4.84 Å². The summed E-state index contributed by atoms with van der Waals surface area (Å²) in [5.74, 6) is -0.456. The Labute approximate surface area is 99.3 Å². The van der Waals surface area contributed by atoms with Gasteiger partial charge in [0.05, 0.1) is 0 Å². The third-order valence-corrected chi connectivity index (χ3v) is 2.57. The summed E-state index contributed by atoms with van der Waals surface area (Å²) >= 11 is 0. The molecule has 1 aromatic carbocycles. The predicted octanol–water partition coefficient (Wildman–Crippen LogP) is 0.579. The molecule has 1 saturated heterocycles. The number of benzene rings is 1. The third kappa shape index (κ3) is 2.45. The van der Waals surface area contributed by atoms with Crippen LogP contribution in [0.5, 0.6) is 0 Å². The van der Waals surface area contributed by atoms with Crippen LogP contribution in [0.2, 0.25) is 0 Å². The highest BCUT2D eigenvalue weighted by Gasteiger charge is 2.33. The summed E-state index contributed by atoms with van der Waals surface area (Å²) in [6.07, 6.45) is 0. The van der Waals surface area contributed by atoms with E-state index in [2.05, 4.69) is 5.32 Å². The van der Waals surface area contributed by atoms with Crippen LogP contribution >= 0.6 is 0 Å². The standard InChI is InChI=1S/C12H14N2O3/c1-2-14-12(16)10(8-17-14)13-11(15)9-6-4-3-5-7-9/h3-7,10H,2,8H2,1H3,(H,13,15). The molecule has 0 bridgehead atoms. The quantitative estimate of drug-likeness (QED) is 0.832. The van der Waals surface area contributed by atoms with Crippen molar-refractivity contribution in [2.75, 3.05) is 13.2 Å². The predicted molar refractivity (Wildman–Crippen MR) is 61.0 cm³/mol. The lowest BCUT2D eigenvalue weighted by Crippen LogP contribution is -2.42. The van der Waals surface area contributed by atoms with E-state index in [0.29, 0.717) is 12.1 Å². The lowest BCUT2D eigenvalue weighted by Gasteiger charge is -2.11. The number of nitrogens with one attached hydrogen (secondary N) is 1. The van der Waals surface area contributed by atoms with E-state index in [1.54, 1.807) is 24.3 Å². The summed E-state index contributed by atoms with van der Waals surface area (Å²) in [4.78, 5) is 28.6. The molecular formula is C12H14N2O3. The van der Waals surface area contributed by atoms with Crippen molar-refractivity contribution in [3.8, 4) is 0 Å². The molecule has 1 aliphatic rings. The summed E-state index contributed by atoms with van der Waals surface area (Å²) in [5, 5.41) is 3.91. The lowest BCUT2D eigenvalue weighted by atomic mass is 10.2. The molecule has 90 valence electrons. The van der Waals surface area contributed by atoms with Gasteiger partial charge in [0.15, 0.2) is 0 Å². The maximum atomic E-state index is 11.8. The van der Waals surface area contributed by atoms with E-state index in [9.17, 15) is 9.59 Å². The zero-order valence-electron chi connectivity index (χ0n) is 9.55. The molecule has 5 heteroatoms. The molecule has 1 aromatic rings. The molecule has 0 saturated carbocycles. The van der Waals surface area contributed by atoms with Crippen molar-refractivity contribution in [3.63, 3.8) is 0 Å². The fraction of sp³-hybridized carbons (Fsp3) is 0.333. The SMILES string of the molecule is CCN1OCC(NC(=O)c2ccccc2)C1=O. The van der Waals surface area contributed by atoms with Gasteiger partial charge < -0.3 is 5.32 Å². The zero-order valence-corrected chi connectivity index (χ0v) is 9.55. The molecule has 2 amide bonds. The first-order chi connectivity index (χ1) is 8.22. The Morgan fingerprint density at radius 1 is 1.47 bits per heavy atom. The van der Waals surface area contributed by atoms with Crippen molar-refractivity contribution in [2.24, 2.45) is 0 Å². The van der Waals surface area contributed by atoms with Crippen LogP contribution in [0, 0.1) is 0 Å². The maximum Gasteiger partial charge on any atom is 0.271 e. The number of hydrogen-bond donors (Lipinski definition) is 1. The molecule has 1 atom stereocenters. The van der Waals surface area contributed by atoms with E-state index < -0.39 is 6.04 Å². The van der Waals surface area contributed by atoms with Gasteiger partial charge in [0.1, 0.15) is 12.6 Å². The number of amides is 2. The minimum Gasteiger partial charge on any atom is -0.338 e. The maximum absolute atomic E-state index is 11.8. The fourth-order valence-electron chi connectivity index (χ4n) is 1.65. The Morgan fingerprint density at radius 3 is 2.76 bits per heavy atom. The number of hydrogen-bond acceptors (Lipinski definition) is 3. The molecule has 0 aliphatic carbocycles. The van der Waals surface area contributed by atoms with Gasteiger partial charge in [0.25, 0.3) is 11.8 Å². The van der Waals surface area contributed by atoms with Gasteiger partial charge in [-0.25, -0.2) is 5.06 Å². The van der Waals surface area contributed by atoms with Crippen LogP contribution < -0.4 is 5.32 Å². The van der Waals surface area contributed by atoms with Crippen molar-refractivity contribution in [2.45, 2.75) is 13.0 Å². The highest BCUT2D eigenvalue weighted by atomic mass is 16.7. The lowest BCUT2D eigenvalue weighted by molar-refractivity contribution is -0.160. The molecule has 1 aliphatic heterocycles. The molecular weight excluding hydrogens is 220 g/mol. The first kappa shape index (κ1) is 11.6. The van der Waals surface area contributed by atoms with Crippen LogP contribution in [0.4, 0.5) is 0 Å². The van der Waals surface area contributed by atoms with Crippen molar-refractivity contribution in [3.05, 3.63) is 35.9 Å². The van der Waals surface area contributed by atoms with Gasteiger partial charge in [-0.3, -0.25) is 14.4 Å². The van der Waals surface area contributed by atoms with Crippen LogP contribution in [0.15, 0.2) is 30.3 Å². The van der Waals surface area contributed by atoms with E-state index >= 15 is 0 Å².